The van der Waals surface area contributed by atoms with Crippen LogP contribution in [0.2, 0.25) is 0 Å². The van der Waals surface area contributed by atoms with Crippen LogP contribution >= 0.6 is 11.6 Å². The first-order valence-electron chi connectivity index (χ1n) is 7.99. The number of nitrogens with one attached hydrogen (secondary N) is 1. The van der Waals surface area contributed by atoms with Gasteiger partial charge in [-0.2, -0.15) is 0 Å². The van der Waals surface area contributed by atoms with Crippen LogP contribution in [0.3, 0.4) is 0 Å². The molecule has 1 aromatic rings. The Morgan fingerprint density at radius 3 is 2.83 bits per heavy atom. The predicted molar refractivity (Wildman–Crippen MR) is 93.2 cm³/mol. The minimum Gasteiger partial charge on any atom is -0.380 e. The number of amides is 1. The summed E-state index contributed by atoms with van der Waals surface area (Å²) < 4.78 is 5.44. The van der Waals surface area contributed by atoms with E-state index in [2.05, 4.69) is 36.2 Å². The van der Waals surface area contributed by atoms with Gasteiger partial charge in [0.15, 0.2) is 0 Å². The van der Waals surface area contributed by atoms with E-state index in [0.29, 0.717) is 13.2 Å². The molecular weight excluding hydrogens is 310 g/mol. The molecule has 1 N–H and O–H groups in total. The lowest BCUT2D eigenvalue weighted by atomic mass is 9.83. The third-order valence-corrected chi connectivity index (χ3v) is 4.85. The number of carbonyl (C=O) groups excluding carboxylic acids is 1. The van der Waals surface area contributed by atoms with Gasteiger partial charge in [-0.25, -0.2) is 0 Å². The molecule has 0 aromatic heterocycles. The highest BCUT2D eigenvalue weighted by atomic mass is 35.5. The highest BCUT2D eigenvalue weighted by molar-refractivity contribution is 6.29. The van der Waals surface area contributed by atoms with E-state index >= 15 is 0 Å². The van der Waals surface area contributed by atoms with Crippen molar-refractivity contribution in [3.05, 3.63) is 53.1 Å². The lowest BCUT2D eigenvalue weighted by Crippen LogP contribution is -2.32. The monoisotopic (exact) mass is 331 g/mol. The lowest BCUT2D eigenvalue weighted by molar-refractivity contribution is -0.127. The molecule has 0 aliphatic carbocycles. The zero-order valence-electron chi connectivity index (χ0n) is 13.4. The van der Waals surface area contributed by atoms with Gasteiger partial charge in [-0.3, -0.25) is 4.79 Å². The highest BCUT2D eigenvalue weighted by Gasteiger charge is 2.49. The average Bonchev–Trinajstić information content (AvgIpc) is 3.08. The van der Waals surface area contributed by atoms with Gasteiger partial charge in [-0.15, -0.1) is 0 Å². The second-order valence-electron chi connectivity index (χ2n) is 6.61. The fraction of sp³-hybridized carbons (Fsp3) is 0.421. The van der Waals surface area contributed by atoms with Crippen molar-refractivity contribution < 1.29 is 9.53 Å². The summed E-state index contributed by atoms with van der Waals surface area (Å²) in [5.74, 6) is 0.160. The predicted octanol–water partition coefficient (Wildman–Crippen LogP) is 3.68. The molecule has 2 unspecified atom stereocenters. The summed E-state index contributed by atoms with van der Waals surface area (Å²) in [5, 5.41) is 3.85. The Morgan fingerprint density at radius 1 is 1.48 bits per heavy atom. The van der Waals surface area contributed by atoms with Crippen molar-refractivity contribution in [3.8, 4) is 0 Å². The highest BCUT2D eigenvalue weighted by Crippen LogP contribution is 2.38. The van der Waals surface area contributed by atoms with Crippen LogP contribution in [0.4, 0.5) is 0 Å². The molecule has 4 heteroatoms. The minimum atomic E-state index is -0.276. The Balaban J connectivity index is 1.64. The third kappa shape index (κ3) is 3.51. The number of rotatable bonds is 4. The summed E-state index contributed by atoms with van der Waals surface area (Å²) in [5.41, 5.74) is 2.90. The molecule has 1 amide bonds. The fourth-order valence-corrected chi connectivity index (χ4v) is 3.62. The number of ether oxygens (including phenoxy) is 1. The molecule has 0 saturated carbocycles. The van der Waals surface area contributed by atoms with Gasteiger partial charge in [0.1, 0.15) is 0 Å². The van der Waals surface area contributed by atoms with Gasteiger partial charge in [-0.05, 0) is 49.0 Å². The largest absolute Gasteiger partial charge is 0.380 e. The van der Waals surface area contributed by atoms with Crippen molar-refractivity contribution in [2.24, 2.45) is 5.41 Å². The first-order chi connectivity index (χ1) is 11.0. The van der Waals surface area contributed by atoms with Crippen molar-refractivity contribution in [2.45, 2.75) is 32.2 Å². The molecule has 1 aromatic carbocycles. The molecular formula is C19H22ClNO2. The van der Waals surface area contributed by atoms with Gasteiger partial charge >= 0.3 is 0 Å². The number of hydrogen-bond acceptors (Lipinski definition) is 2. The summed E-state index contributed by atoms with van der Waals surface area (Å²) >= 11 is 5.89. The normalized spacial score (nSPS) is 27.5. The van der Waals surface area contributed by atoms with E-state index in [0.717, 1.165) is 35.4 Å². The smallest absolute Gasteiger partial charge is 0.228 e. The fourth-order valence-electron chi connectivity index (χ4n) is 3.49. The summed E-state index contributed by atoms with van der Waals surface area (Å²) in [7, 11) is 0. The molecule has 0 radical (unpaired) electrons. The molecule has 3 nitrogen and oxygen atoms in total. The zero-order valence-corrected chi connectivity index (χ0v) is 14.2. The Labute approximate surface area is 142 Å². The molecule has 2 atom stereocenters. The number of carbonyl (C=O) groups is 1. The average molecular weight is 332 g/mol. The molecule has 2 heterocycles. The summed E-state index contributed by atoms with van der Waals surface area (Å²) in [4.78, 5) is 12.2. The van der Waals surface area contributed by atoms with Crippen LogP contribution in [0.1, 0.15) is 30.9 Å². The van der Waals surface area contributed by atoms with Crippen LogP contribution in [-0.2, 0) is 16.0 Å². The van der Waals surface area contributed by atoms with Crippen LogP contribution in [0.15, 0.2) is 42.0 Å². The van der Waals surface area contributed by atoms with Crippen LogP contribution in [-0.4, -0.2) is 25.2 Å². The molecule has 2 saturated heterocycles. The second-order valence-corrected chi connectivity index (χ2v) is 7.21. The van der Waals surface area contributed by atoms with E-state index in [9.17, 15) is 4.79 Å². The summed E-state index contributed by atoms with van der Waals surface area (Å²) in [6.45, 7) is 7.13. The van der Waals surface area contributed by atoms with Crippen molar-refractivity contribution in [1.29, 1.82) is 0 Å². The van der Waals surface area contributed by atoms with E-state index in [-0.39, 0.29) is 17.4 Å². The molecule has 23 heavy (non-hydrogen) atoms. The molecule has 3 rings (SSSR count). The number of allylic oxidation sites excluding steroid dienone is 3. The van der Waals surface area contributed by atoms with Crippen molar-refractivity contribution in [3.63, 3.8) is 0 Å². The Hall–Kier alpha value is -1.58. The zero-order chi connectivity index (χ0) is 16.4. The summed E-state index contributed by atoms with van der Waals surface area (Å²) in [6, 6.07) is 8.50. The van der Waals surface area contributed by atoms with Gasteiger partial charge in [0.2, 0.25) is 5.91 Å². The number of halogens is 1. The Bertz CT molecular complexity index is 638. The van der Waals surface area contributed by atoms with E-state index in [1.807, 2.05) is 13.0 Å². The van der Waals surface area contributed by atoms with Gasteiger partial charge in [-0.1, -0.05) is 42.4 Å². The lowest BCUT2D eigenvalue weighted by Gasteiger charge is -2.16. The molecule has 2 fully saturated rings. The number of benzene rings is 1. The first kappa shape index (κ1) is 16.3. The maximum absolute atomic E-state index is 12.2. The van der Waals surface area contributed by atoms with Gasteiger partial charge < -0.3 is 10.1 Å². The van der Waals surface area contributed by atoms with E-state index in [1.54, 1.807) is 0 Å². The minimum absolute atomic E-state index is 0.160. The standard InChI is InChI=1S/C19H22ClNO2/c1-13(9-14(2)20)16-5-3-15(4-6-16)10-17-11-19(18(22)21-17)7-8-23-12-19/h3-6,9,17H,1,7-8,10-12H2,2H3,(H,21,22). The maximum Gasteiger partial charge on any atom is 0.228 e. The van der Waals surface area contributed by atoms with Gasteiger partial charge in [0.05, 0.1) is 12.0 Å². The Kier molecular flexibility index (Phi) is 4.60. The van der Waals surface area contributed by atoms with Crippen LogP contribution in [0.5, 0.6) is 0 Å². The van der Waals surface area contributed by atoms with Crippen molar-refractivity contribution >= 4 is 23.1 Å². The SMILES string of the molecule is C=C(C=C(C)Cl)c1ccc(CC2CC3(CCOC3)C(=O)N2)cc1. The van der Waals surface area contributed by atoms with Crippen LogP contribution in [0.25, 0.3) is 5.57 Å². The van der Waals surface area contributed by atoms with Crippen molar-refractivity contribution in [2.75, 3.05) is 13.2 Å². The third-order valence-electron chi connectivity index (χ3n) is 4.74. The molecule has 2 aliphatic heterocycles. The van der Waals surface area contributed by atoms with Crippen LogP contribution < -0.4 is 5.32 Å². The van der Waals surface area contributed by atoms with Crippen molar-refractivity contribution in [1.82, 2.24) is 5.32 Å². The van der Waals surface area contributed by atoms with Gasteiger partial charge in [0.25, 0.3) is 0 Å². The molecule has 122 valence electrons. The van der Waals surface area contributed by atoms with Gasteiger partial charge in [0, 0.05) is 17.7 Å². The topological polar surface area (TPSA) is 38.3 Å². The number of hydrogen-bond donors (Lipinski definition) is 1. The first-order valence-corrected chi connectivity index (χ1v) is 8.37. The maximum atomic E-state index is 12.2. The van der Waals surface area contributed by atoms with Crippen LogP contribution in [0, 0.1) is 5.41 Å². The second kappa shape index (κ2) is 6.50. The molecule has 0 bridgehead atoms. The molecule has 1 spiro atoms. The van der Waals surface area contributed by atoms with E-state index < -0.39 is 0 Å². The Morgan fingerprint density at radius 2 is 2.22 bits per heavy atom. The van der Waals surface area contributed by atoms with E-state index in [1.165, 1.54) is 5.56 Å². The molecule has 2 aliphatic rings. The summed E-state index contributed by atoms with van der Waals surface area (Å²) in [6.07, 6.45) is 4.43. The quantitative estimate of drug-likeness (QED) is 0.855. The van der Waals surface area contributed by atoms with E-state index in [4.69, 9.17) is 16.3 Å².